The summed E-state index contributed by atoms with van der Waals surface area (Å²) >= 11 is 0. The lowest BCUT2D eigenvalue weighted by Crippen LogP contribution is -2.53. The van der Waals surface area contributed by atoms with E-state index in [1.807, 2.05) is 0 Å². The summed E-state index contributed by atoms with van der Waals surface area (Å²) in [5.74, 6) is -2.60. The van der Waals surface area contributed by atoms with Crippen LogP contribution in [0.3, 0.4) is 0 Å². The highest BCUT2D eigenvalue weighted by Crippen LogP contribution is 2.46. The maximum atomic E-state index is 12.0. The van der Waals surface area contributed by atoms with Gasteiger partial charge in [-0.3, -0.25) is 4.79 Å². The number of benzene rings is 1. The predicted molar refractivity (Wildman–Crippen MR) is 115 cm³/mol. The van der Waals surface area contributed by atoms with E-state index in [-0.39, 0.29) is 42.9 Å². The lowest BCUT2D eigenvalue weighted by Gasteiger charge is -2.44. The molecular weight excluding hydrogens is 450 g/mol. The number of aromatic carboxylic acids is 1. The molecule has 1 fully saturated rings. The zero-order valence-electron chi connectivity index (χ0n) is 16.9. The minimum Gasteiger partial charge on any atom is -0.478 e. The predicted octanol–water partition coefficient (Wildman–Crippen LogP) is -0.361. The van der Waals surface area contributed by atoms with Crippen LogP contribution in [-0.2, 0) is 25.3 Å². The van der Waals surface area contributed by atoms with Gasteiger partial charge in [-0.15, -0.1) is 17.5 Å². The molecule has 13 heteroatoms. The van der Waals surface area contributed by atoms with Crippen molar-refractivity contribution >= 4 is 40.2 Å². The van der Waals surface area contributed by atoms with Crippen LogP contribution in [0, 0.1) is 5.92 Å². The van der Waals surface area contributed by atoms with Crippen molar-refractivity contribution in [1.29, 1.82) is 0 Å². The molecule has 0 radical (unpaired) electrons. The van der Waals surface area contributed by atoms with Crippen molar-refractivity contribution in [2.45, 2.75) is 18.6 Å². The van der Waals surface area contributed by atoms with E-state index < -0.39 is 27.6 Å². The maximum absolute atomic E-state index is 12.0. The van der Waals surface area contributed by atoms with E-state index in [0.717, 1.165) is 6.26 Å². The van der Waals surface area contributed by atoms with Gasteiger partial charge in [-0.1, -0.05) is 18.2 Å². The standard InChI is InChI=1S/C18H25N5O6S.ClH/c1-30(27,28)21-10-11-23-18(12-6-8-20-9-7-12,29-16(22-23)15(19)24)14-5-3-2-4-13(14)17(25)26;/h2-5,12,20-21H,6-11H2,1H3,(H2,19,24)(H,25,26);1H. The van der Waals surface area contributed by atoms with Gasteiger partial charge in [0.2, 0.25) is 15.7 Å². The number of carbonyl (C=O) groups excluding carboxylic acids is 1. The summed E-state index contributed by atoms with van der Waals surface area (Å²) in [5.41, 5.74) is 4.37. The topological polar surface area (TPSA) is 163 Å². The molecule has 3 rings (SSSR count). The Bertz CT molecular complexity index is 966. The van der Waals surface area contributed by atoms with Gasteiger partial charge in [-0.25, -0.2) is 22.9 Å². The summed E-state index contributed by atoms with van der Waals surface area (Å²) in [6.45, 7) is 1.38. The highest BCUT2D eigenvalue weighted by Gasteiger charge is 2.54. The average Bonchev–Trinajstić information content (AvgIpc) is 3.08. The molecule has 0 aromatic heterocycles. The molecule has 1 saturated heterocycles. The number of hydrogen-bond donors (Lipinski definition) is 4. The van der Waals surface area contributed by atoms with E-state index in [1.165, 1.54) is 11.1 Å². The Balaban J connectivity index is 0.00000341. The van der Waals surface area contributed by atoms with Crippen molar-refractivity contribution in [3.05, 3.63) is 35.4 Å². The molecule has 5 N–H and O–H groups in total. The minimum atomic E-state index is -3.46. The number of ether oxygens (including phenoxy) is 1. The second kappa shape index (κ2) is 9.81. The number of rotatable bonds is 8. The summed E-state index contributed by atoms with van der Waals surface area (Å²) < 4.78 is 31.4. The van der Waals surface area contributed by atoms with Gasteiger partial charge < -0.3 is 20.9 Å². The fourth-order valence-electron chi connectivity index (χ4n) is 3.96. The number of amides is 1. The third-order valence-electron chi connectivity index (χ3n) is 5.18. The molecule has 2 aliphatic heterocycles. The molecule has 1 amide bonds. The molecule has 172 valence electrons. The molecule has 1 aromatic carbocycles. The van der Waals surface area contributed by atoms with E-state index in [4.69, 9.17) is 10.5 Å². The normalized spacial score (nSPS) is 21.7. The first kappa shape index (κ1) is 24.9. The van der Waals surface area contributed by atoms with Crippen LogP contribution in [0.1, 0.15) is 28.8 Å². The smallest absolute Gasteiger partial charge is 0.336 e. The van der Waals surface area contributed by atoms with Gasteiger partial charge in [0.1, 0.15) is 0 Å². The number of hydrogen-bond acceptors (Lipinski definition) is 8. The van der Waals surface area contributed by atoms with Crippen LogP contribution in [0.2, 0.25) is 0 Å². The van der Waals surface area contributed by atoms with Crippen molar-refractivity contribution < 1.29 is 27.9 Å². The van der Waals surface area contributed by atoms with Gasteiger partial charge >= 0.3 is 11.9 Å². The van der Waals surface area contributed by atoms with Crippen molar-refractivity contribution in [1.82, 2.24) is 15.0 Å². The number of sulfonamides is 1. The number of carbonyl (C=O) groups is 2. The van der Waals surface area contributed by atoms with Gasteiger partial charge in [-0.05, 0) is 32.0 Å². The molecule has 1 aromatic rings. The van der Waals surface area contributed by atoms with E-state index in [1.54, 1.807) is 18.2 Å². The van der Waals surface area contributed by atoms with E-state index >= 15 is 0 Å². The minimum absolute atomic E-state index is 0. The fourth-order valence-corrected chi connectivity index (χ4v) is 4.42. The Morgan fingerprint density at radius 2 is 2.00 bits per heavy atom. The number of nitrogens with zero attached hydrogens (tertiary/aromatic N) is 2. The van der Waals surface area contributed by atoms with Crippen LogP contribution in [0.25, 0.3) is 0 Å². The molecule has 1 unspecified atom stereocenters. The van der Waals surface area contributed by atoms with Crippen molar-refractivity contribution in [2.24, 2.45) is 16.8 Å². The first-order valence-electron chi connectivity index (χ1n) is 9.48. The molecule has 0 spiro atoms. The number of hydrazone groups is 1. The third-order valence-corrected chi connectivity index (χ3v) is 5.91. The lowest BCUT2D eigenvalue weighted by atomic mass is 9.80. The molecule has 2 aliphatic rings. The highest BCUT2D eigenvalue weighted by atomic mass is 35.5. The number of primary amides is 1. The second-order valence-corrected chi connectivity index (χ2v) is 9.07. The van der Waals surface area contributed by atoms with E-state index in [2.05, 4.69) is 15.1 Å². The number of nitrogens with one attached hydrogen (secondary N) is 2. The summed E-state index contributed by atoms with van der Waals surface area (Å²) in [4.78, 5) is 23.9. The first-order chi connectivity index (χ1) is 14.1. The first-order valence-corrected chi connectivity index (χ1v) is 11.4. The van der Waals surface area contributed by atoms with Crippen molar-refractivity contribution in [3.8, 4) is 0 Å². The summed E-state index contributed by atoms with van der Waals surface area (Å²) in [6, 6.07) is 6.37. The van der Waals surface area contributed by atoms with Crippen LogP contribution in [-0.4, -0.2) is 68.7 Å². The van der Waals surface area contributed by atoms with Crippen LogP contribution >= 0.6 is 12.4 Å². The summed E-state index contributed by atoms with van der Waals surface area (Å²) in [6.07, 6.45) is 2.29. The van der Waals surface area contributed by atoms with Crippen LogP contribution in [0.4, 0.5) is 0 Å². The van der Waals surface area contributed by atoms with E-state index in [9.17, 15) is 23.1 Å². The molecule has 0 saturated carbocycles. The lowest BCUT2D eigenvalue weighted by molar-refractivity contribution is -0.132. The van der Waals surface area contributed by atoms with Gasteiger partial charge in [0.15, 0.2) is 0 Å². The van der Waals surface area contributed by atoms with Gasteiger partial charge in [-0.2, -0.15) is 0 Å². The summed E-state index contributed by atoms with van der Waals surface area (Å²) in [7, 11) is -3.46. The Labute approximate surface area is 186 Å². The Kier molecular flexibility index (Phi) is 7.87. The molecule has 31 heavy (non-hydrogen) atoms. The van der Waals surface area contributed by atoms with Crippen molar-refractivity contribution in [2.75, 3.05) is 32.4 Å². The van der Waals surface area contributed by atoms with Crippen LogP contribution < -0.4 is 15.8 Å². The monoisotopic (exact) mass is 475 g/mol. The molecule has 2 heterocycles. The SMILES string of the molecule is CS(=O)(=O)NCCN1N=C(C(N)=O)OC1(c1ccccc1C(=O)O)C1CCNCC1.Cl. The molecule has 0 aliphatic carbocycles. The fraction of sp³-hybridized carbons (Fsp3) is 0.500. The number of carboxylic acids is 1. The van der Waals surface area contributed by atoms with Gasteiger partial charge in [0, 0.05) is 18.0 Å². The molecule has 0 bridgehead atoms. The second-order valence-electron chi connectivity index (χ2n) is 7.23. The number of piperidine rings is 1. The molecular formula is C18H26ClN5O6S. The molecule has 11 nitrogen and oxygen atoms in total. The Hall–Kier alpha value is -2.41. The largest absolute Gasteiger partial charge is 0.478 e. The van der Waals surface area contributed by atoms with Gasteiger partial charge in [0.05, 0.1) is 18.4 Å². The highest BCUT2D eigenvalue weighted by molar-refractivity contribution is 7.88. The van der Waals surface area contributed by atoms with E-state index in [0.29, 0.717) is 31.5 Å². The van der Waals surface area contributed by atoms with Crippen LogP contribution in [0.5, 0.6) is 0 Å². The number of nitrogens with two attached hydrogens (primary N) is 1. The Morgan fingerprint density at radius 1 is 1.35 bits per heavy atom. The van der Waals surface area contributed by atoms with Crippen molar-refractivity contribution in [3.63, 3.8) is 0 Å². The van der Waals surface area contributed by atoms with Crippen LogP contribution in [0.15, 0.2) is 29.4 Å². The Morgan fingerprint density at radius 3 is 2.58 bits per heavy atom. The summed E-state index contributed by atoms with van der Waals surface area (Å²) in [5, 5.41) is 18.7. The maximum Gasteiger partial charge on any atom is 0.336 e. The van der Waals surface area contributed by atoms with Gasteiger partial charge in [0.25, 0.3) is 5.90 Å². The molecule has 1 atom stereocenters. The number of halogens is 1. The zero-order chi connectivity index (χ0) is 21.9. The third kappa shape index (κ3) is 5.26. The quantitative estimate of drug-likeness (QED) is 0.396. The average molecular weight is 476 g/mol. The zero-order valence-corrected chi connectivity index (χ0v) is 18.5. The number of carboxylic acid groups (broad SMARTS) is 1.